The standard InChI is InChI=1S/C19H28O14/c1-7(20)27-5-11-13(24)14(25)16(30-9(3)22)19(32-11)33-12-6-28-18(26)17(31-10(4)23)15(12)29-8(2)21/h11-19,24-26H,5-6H2,1-4H3/t11-,12-,13+,14+,15+,16-,17-,18-,19+/m1/s1. The molecule has 0 aliphatic carbocycles. The lowest BCUT2D eigenvalue weighted by molar-refractivity contribution is -0.342. The first kappa shape index (κ1) is 26.9. The van der Waals surface area contributed by atoms with E-state index >= 15 is 0 Å². The second-order valence-electron chi connectivity index (χ2n) is 7.45. The molecule has 0 radical (unpaired) electrons. The van der Waals surface area contributed by atoms with E-state index in [-0.39, 0.29) is 6.61 Å². The van der Waals surface area contributed by atoms with Gasteiger partial charge in [-0.1, -0.05) is 0 Å². The average Bonchev–Trinajstić information content (AvgIpc) is 2.70. The summed E-state index contributed by atoms with van der Waals surface area (Å²) in [6, 6.07) is 0. The van der Waals surface area contributed by atoms with Crippen LogP contribution < -0.4 is 0 Å². The summed E-state index contributed by atoms with van der Waals surface area (Å²) >= 11 is 0. The Bertz CT molecular complexity index is 723. The number of carbonyl (C=O) groups excluding carboxylic acids is 4. The molecule has 2 saturated heterocycles. The van der Waals surface area contributed by atoms with Gasteiger partial charge in [0.15, 0.2) is 30.9 Å². The van der Waals surface area contributed by atoms with Crippen LogP contribution in [0, 0.1) is 0 Å². The first-order valence-electron chi connectivity index (χ1n) is 10.0. The number of carbonyl (C=O) groups is 4. The predicted molar refractivity (Wildman–Crippen MR) is 101 cm³/mol. The molecule has 188 valence electrons. The molecule has 14 heteroatoms. The Hall–Kier alpha value is -2.36. The summed E-state index contributed by atoms with van der Waals surface area (Å²) in [5, 5.41) is 30.9. The van der Waals surface area contributed by atoms with E-state index in [1.54, 1.807) is 0 Å². The van der Waals surface area contributed by atoms with Crippen molar-refractivity contribution in [3.05, 3.63) is 0 Å². The van der Waals surface area contributed by atoms with Crippen molar-refractivity contribution in [2.45, 2.75) is 83.0 Å². The topological polar surface area (TPSA) is 194 Å². The van der Waals surface area contributed by atoms with Gasteiger partial charge in [0.2, 0.25) is 0 Å². The van der Waals surface area contributed by atoms with Crippen molar-refractivity contribution in [2.75, 3.05) is 13.2 Å². The van der Waals surface area contributed by atoms with Crippen molar-refractivity contribution in [1.29, 1.82) is 0 Å². The lowest BCUT2D eigenvalue weighted by Crippen LogP contribution is -2.63. The van der Waals surface area contributed by atoms with Gasteiger partial charge < -0.3 is 48.5 Å². The minimum atomic E-state index is -1.71. The highest BCUT2D eigenvalue weighted by molar-refractivity contribution is 5.67. The number of rotatable bonds is 7. The summed E-state index contributed by atoms with van der Waals surface area (Å²) in [5.41, 5.74) is 0. The second kappa shape index (κ2) is 11.7. The Morgan fingerprint density at radius 3 is 1.88 bits per heavy atom. The maximum atomic E-state index is 11.6. The van der Waals surface area contributed by atoms with Gasteiger partial charge in [0, 0.05) is 27.7 Å². The van der Waals surface area contributed by atoms with Crippen molar-refractivity contribution in [1.82, 2.24) is 0 Å². The summed E-state index contributed by atoms with van der Waals surface area (Å²) in [6.45, 7) is 3.50. The van der Waals surface area contributed by atoms with E-state index in [0.29, 0.717) is 0 Å². The number of esters is 4. The molecule has 0 aromatic heterocycles. The monoisotopic (exact) mass is 480 g/mol. The molecule has 0 bridgehead atoms. The first-order chi connectivity index (χ1) is 15.4. The van der Waals surface area contributed by atoms with E-state index in [1.807, 2.05) is 0 Å². The van der Waals surface area contributed by atoms with E-state index in [0.717, 1.165) is 27.7 Å². The average molecular weight is 480 g/mol. The summed E-state index contributed by atoms with van der Waals surface area (Å²) in [5.74, 6) is -3.09. The second-order valence-corrected chi connectivity index (χ2v) is 7.45. The maximum Gasteiger partial charge on any atom is 0.303 e. The zero-order valence-electron chi connectivity index (χ0n) is 18.4. The lowest BCUT2D eigenvalue weighted by atomic mass is 9.98. The molecule has 14 nitrogen and oxygen atoms in total. The van der Waals surface area contributed by atoms with Gasteiger partial charge in [-0.25, -0.2) is 0 Å². The van der Waals surface area contributed by atoms with E-state index < -0.39 is 85.8 Å². The third-order valence-electron chi connectivity index (χ3n) is 4.71. The van der Waals surface area contributed by atoms with Crippen LogP contribution in [0.4, 0.5) is 0 Å². The summed E-state index contributed by atoms with van der Waals surface area (Å²) in [7, 11) is 0. The minimum absolute atomic E-state index is 0.378. The minimum Gasteiger partial charge on any atom is -0.463 e. The predicted octanol–water partition coefficient (Wildman–Crippen LogP) is -2.47. The normalized spacial score (nSPS) is 36.4. The molecule has 0 saturated carbocycles. The Morgan fingerprint density at radius 2 is 1.33 bits per heavy atom. The van der Waals surface area contributed by atoms with Crippen LogP contribution in [-0.2, 0) is 52.3 Å². The molecule has 9 atom stereocenters. The fourth-order valence-corrected chi connectivity index (χ4v) is 3.37. The first-order valence-corrected chi connectivity index (χ1v) is 10.0. The smallest absolute Gasteiger partial charge is 0.303 e. The number of ether oxygens (including phenoxy) is 7. The molecule has 2 rings (SSSR count). The van der Waals surface area contributed by atoms with Crippen molar-refractivity contribution in [2.24, 2.45) is 0 Å². The van der Waals surface area contributed by atoms with Gasteiger partial charge in [0.05, 0.1) is 6.61 Å². The molecule has 2 fully saturated rings. The molecule has 2 aliphatic heterocycles. The van der Waals surface area contributed by atoms with Crippen LogP contribution in [-0.4, -0.2) is 108 Å². The lowest BCUT2D eigenvalue weighted by Gasteiger charge is -2.45. The maximum absolute atomic E-state index is 11.6. The molecule has 0 aromatic carbocycles. The fourth-order valence-electron chi connectivity index (χ4n) is 3.37. The van der Waals surface area contributed by atoms with E-state index in [1.165, 1.54) is 0 Å². The molecule has 0 amide bonds. The highest BCUT2D eigenvalue weighted by Crippen LogP contribution is 2.30. The Labute approximate surface area is 188 Å². The summed E-state index contributed by atoms with van der Waals surface area (Å²) < 4.78 is 36.5. The number of aliphatic hydroxyl groups excluding tert-OH is 3. The van der Waals surface area contributed by atoms with Crippen molar-refractivity contribution < 1.29 is 67.7 Å². The molecule has 0 aromatic rings. The third-order valence-corrected chi connectivity index (χ3v) is 4.71. The van der Waals surface area contributed by atoms with Crippen molar-refractivity contribution in [3.63, 3.8) is 0 Å². The van der Waals surface area contributed by atoms with Crippen molar-refractivity contribution >= 4 is 23.9 Å². The molecule has 2 heterocycles. The molecule has 3 N–H and O–H groups in total. The van der Waals surface area contributed by atoms with Crippen LogP contribution in [0.2, 0.25) is 0 Å². The van der Waals surface area contributed by atoms with Crippen LogP contribution in [0.15, 0.2) is 0 Å². The number of hydrogen-bond donors (Lipinski definition) is 3. The fraction of sp³-hybridized carbons (Fsp3) is 0.789. The largest absolute Gasteiger partial charge is 0.463 e. The van der Waals surface area contributed by atoms with Gasteiger partial charge in [0.25, 0.3) is 0 Å². The Morgan fingerprint density at radius 1 is 0.788 bits per heavy atom. The van der Waals surface area contributed by atoms with Gasteiger partial charge in [0.1, 0.15) is 31.0 Å². The van der Waals surface area contributed by atoms with E-state index in [9.17, 15) is 34.5 Å². The molecule has 2 aliphatic rings. The van der Waals surface area contributed by atoms with Gasteiger partial charge >= 0.3 is 23.9 Å². The van der Waals surface area contributed by atoms with Crippen LogP contribution >= 0.6 is 0 Å². The van der Waals surface area contributed by atoms with Gasteiger partial charge in [-0.05, 0) is 0 Å². The molecule has 0 unspecified atom stereocenters. The quantitative estimate of drug-likeness (QED) is 0.256. The van der Waals surface area contributed by atoms with Crippen LogP contribution in [0.1, 0.15) is 27.7 Å². The van der Waals surface area contributed by atoms with Gasteiger partial charge in [-0.15, -0.1) is 0 Å². The van der Waals surface area contributed by atoms with Gasteiger partial charge in [-0.3, -0.25) is 19.2 Å². The summed E-state index contributed by atoms with van der Waals surface area (Å²) in [6.07, 6.45) is -13.4. The van der Waals surface area contributed by atoms with Crippen LogP contribution in [0.3, 0.4) is 0 Å². The Balaban J connectivity index is 2.29. The van der Waals surface area contributed by atoms with Crippen molar-refractivity contribution in [3.8, 4) is 0 Å². The highest BCUT2D eigenvalue weighted by Gasteiger charge is 2.52. The molecule has 33 heavy (non-hydrogen) atoms. The molecular weight excluding hydrogens is 452 g/mol. The van der Waals surface area contributed by atoms with E-state index in [2.05, 4.69) is 0 Å². The number of aliphatic hydroxyl groups is 3. The van der Waals surface area contributed by atoms with Gasteiger partial charge in [-0.2, -0.15) is 0 Å². The molecular formula is C19H28O14. The third kappa shape index (κ3) is 7.31. The zero-order chi connectivity index (χ0) is 24.9. The summed E-state index contributed by atoms with van der Waals surface area (Å²) in [4.78, 5) is 45.8. The SMILES string of the molecule is CC(=O)OC[C@H]1O[C@@H](O[C@@H]2CO[C@@H](O)[C@H](OC(C)=O)[C@H]2OC(C)=O)[C@H](OC(C)=O)[C@@H](O)[C@H]1O. The molecule has 0 spiro atoms. The zero-order valence-corrected chi connectivity index (χ0v) is 18.4. The van der Waals surface area contributed by atoms with E-state index in [4.69, 9.17) is 33.2 Å². The van der Waals surface area contributed by atoms with Crippen LogP contribution in [0.5, 0.6) is 0 Å². The number of hydrogen-bond acceptors (Lipinski definition) is 14. The van der Waals surface area contributed by atoms with Crippen LogP contribution in [0.25, 0.3) is 0 Å². The Kier molecular flexibility index (Phi) is 9.51. The highest BCUT2D eigenvalue weighted by atomic mass is 16.7.